The third-order valence-corrected chi connectivity index (χ3v) is 6.31. The standard InChI is InChI=1S/C27H44N2O12/c1-14(2)21(28-10-9-20-36-12-27(7,8)13-37-20)25(34)29-22-24(39-17(5)32)23(38-16(4)31)19(11-35-15(3)30)41-26(22)40-18(6)33/h14,19-24,26,28H,9-13H2,1-8H3,(H,29,34)/t19?,21-,22+,23+,24+,26?/m0/s1. The van der Waals surface area contributed by atoms with E-state index in [1.807, 2.05) is 27.7 Å². The molecule has 0 bridgehead atoms. The van der Waals surface area contributed by atoms with E-state index < -0.39 is 79.4 Å². The monoisotopic (exact) mass is 588 g/mol. The molecular weight excluding hydrogens is 544 g/mol. The second-order valence-electron chi connectivity index (χ2n) is 11.3. The van der Waals surface area contributed by atoms with Crippen LogP contribution in [0.3, 0.4) is 0 Å². The zero-order valence-electron chi connectivity index (χ0n) is 25.1. The summed E-state index contributed by atoms with van der Waals surface area (Å²) in [4.78, 5) is 61.0. The predicted molar refractivity (Wildman–Crippen MR) is 141 cm³/mol. The van der Waals surface area contributed by atoms with Crippen molar-refractivity contribution in [1.82, 2.24) is 10.6 Å². The maximum absolute atomic E-state index is 13.6. The van der Waals surface area contributed by atoms with E-state index >= 15 is 0 Å². The molecule has 2 fully saturated rings. The molecule has 41 heavy (non-hydrogen) atoms. The van der Waals surface area contributed by atoms with Crippen molar-refractivity contribution in [2.45, 2.75) is 105 Å². The van der Waals surface area contributed by atoms with Crippen molar-refractivity contribution >= 4 is 29.8 Å². The molecule has 0 saturated carbocycles. The summed E-state index contributed by atoms with van der Waals surface area (Å²) in [6.45, 7) is 13.5. The first-order chi connectivity index (χ1) is 19.1. The van der Waals surface area contributed by atoms with Crippen molar-refractivity contribution in [2.24, 2.45) is 11.3 Å². The van der Waals surface area contributed by atoms with Crippen LogP contribution in [-0.4, -0.2) is 99.1 Å². The van der Waals surface area contributed by atoms with Crippen LogP contribution in [0.15, 0.2) is 0 Å². The van der Waals surface area contributed by atoms with E-state index in [0.29, 0.717) is 26.2 Å². The fraction of sp³-hybridized carbons (Fsp3) is 0.815. The van der Waals surface area contributed by atoms with Gasteiger partial charge in [-0.2, -0.15) is 0 Å². The highest BCUT2D eigenvalue weighted by molar-refractivity contribution is 5.82. The van der Waals surface area contributed by atoms with E-state index in [-0.39, 0.29) is 11.3 Å². The zero-order chi connectivity index (χ0) is 30.9. The molecule has 14 nitrogen and oxygen atoms in total. The molecule has 2 aliphatic rings. The quantitative estimate of drug-likeness (QED) is 0.240. The van der Waals surface area contributed by atoms with Crippen LogP contribution in [-0.2, 0) is 57.1 Å². The Balaban J connectivity index is 2.25. The first-order valence-corrected chi connectivity index (χ1v) is 13.7. The van der Waals surface area contributed by atoms with E-state index in [9.17, 15) is 24.0 Å². The molecule has 2 rings (SSSR count). The predicted octanol–water partition coefficient (Wildman–Crippen LogP) is 0.589. The summed E-state index contributed by atoms with van der Waals surface area (Å²) in [6, 6.07) is -2.00. The summed E-state index contributed by atoms with van der Waals surface area (Å²) in [5.41, 5.74) is -0.0650. The van der Waals surface area contributed by atoms with E-state index in [2.05, 4.69) is 10.6 Å². The number of hydrogen-bond acceptors (Lipinski definition) is 13. The molecule has 6 atom stereocenters. The van der Waals surface area contributed by atoms with Crippen LogP contribution in [0.5, 0.6) is 0 Å². The van der Waals surface area contributed by atoms with E-state index in [4.69, 9.17) is 33.2 Å². The molecule has 0 aromatic rings. The maximum atomic E-state index is 13.6. The number of carbonyl (C=O) groups excluding carboxylic acids is 5. The molecular formula is C27H44N2O12. The Morgan fingerprint density at radius 2 is 1.41 bits per heavy atom. The van der Waals surface area contributed by atoms with E-state index in [1.54, 1.807) is 0 Å². The maximum Gasteiger partial charge on any atom is 0.305 e. The van der Waals surface area contributed by atoms with Gasteiger partial charge in [0.25, 0.3) is 0 Å². The van der Waals surface area contributed by atoms with Gasteiger partial charge in [0.15, 0.2) is 18.5 Å². The van der Waals surface area contributed by atoms with Crippen LogP contribution in [0.2, 0.25) is 0 Å². The first kappa shape index (κ1) is 34.4. The summed E-state index contributed by atoms with van der Waals surface area (Å²) in [5.74, 6) is -3.58. The number of esters is 4. The Kier molecular flexibility index (Phi) is 12.9. The summed E-state index contributed by atoms with van der Waals surface area (Å²) >= 11 is 0. The second kappa shape index (κ2) is 15.4. The van der Waals surface area contributed by atoms with Gasteiger partial charge in [-0.05, 0) is 5.92 Å². The number of rotatable bonds is 12. The lowest BCUT2D eigenvalue weighted by atomic mass is 9.94. The zero-order valence-corrected chi connectivity index (χ0v) is 25.1. The number of ether oxygens (including phenoxy) is 7. The van der Waals surface area contributed by atoms with Crippen molar-refractivity contribution in [3.63, 3.8) is 0 Å². The van der Waals surface area contributed by atoms with Gasteiger partial charge in [-0.1, -0.05) is 27.7 Å². The summed E-state index contributed by atoms with van der Waals surface area (Å²) in [6.07, 6.45) is -5.20. The third-order valence-electron chi connectivity index (χ3n) is 6.31. The summed E-state index contributed by atoms with van der Waals surface area (Å²) in [5, 5.41) is 5.96. The fourth-order valence-corrected chi connectivity index (χ4v) is 4.46. The Hall–Kier alpha value is -2.81. The molecule has 234 valence electrons. The Morgan fingerprint density at radius 1 is 0.854 bits per heavy atom. The second-order valence-corrected chi connectivity index (χ2v) is 11.3. The highest BCUT2D eigenvalue weighted by atomic mass is 16.7. The van der Waals surface area contributed by atoms with Crippen LogP contribution < -0.4 is 10.6 Å². The number of amides is 1. The molecule has 0 aromatic heterocycles. The van der Waals surface area contributed by atoms with Crippen molar-refractivity contribution < 1.29 is 57.1 Å². The normalized spacial score (nSPS) is 26.9. The van der Waals surface area contributed by atoms with Gasteiger partial charge in [0.2, 0.25) is 12.2 Å². The molecule has 0 spiro atoms. The van der Waals surface area contributed by atoms with Gasteiger partial charge in [-0.3, -0.25) is 24.0 Å². The third kappa shape index (κ3) is 11.2. The number of carbonyl (C=O) groups is 5. The summed E-state index contributed by atoms with van der Waals surface area (Å²) < 4.78 is 38.6. The Bertz CT molecular complexity index is 929. The van der Waals surface area contributed by atoms with Crippen LogP contribution >= 0.6 is 0 Å². The van der Waals surface area contributed by atoms with Gasteiger partial charge in [0, 0.05) is 46.1 Å². The highest BCUT2D eigenvalue weighted by Crippen LogP contribution is 2.28. The first-order valence-electron chi connectivity index (χ1n) is 13.7. The number of hydrogen-bond donors (Lipinski definition) is 2. The van der Waals surface area contributed by atoms with Gasteiger partial charge in [-0.15, -0.1) is 0 Å². The van der Waals surface area contributed by atoms with Gasteiger partial charge in [-0.25, -0.2) is 0 Å². The molecule has 0 aliphatic carbocycles. The lowest BCUT2D eigenvalue weighted by Gasteiger charge is -2.44. The molecule has 0 aromatic carbocycles. The highest BCUT2D eigenvalue weighted by Gasteiger charge is 2.52. The fourth-order valence-electron chi connectivity index (χ4n) is 4.46. The van der Waals surface area contributed by atoms with E-state index in [0.717, 1.165) is 20.8 Å². The van der Waals surface area contributed by atoms with Gasteiger partial charge < -0.3 is 43.8 Å². The van der Waals surface area contributed by atoms with Crippen LogP contribution in [0.4, 0.5) is 0 Å². The van der Waals surface area contributed by atoms with Crippen LogP contribution in [0.25, 0.3) is 0 Å². The molecule has 2 heterocycles. The van der Waals surface area contributed by atoms with Gasteiger partial charge >= 0.3 is 23.9 Å². The summed E-state index contributed by atoms with van der Waals surface area (Å²) in [7, 11) is 0. The smallest absolute Gasteiger partial charge is 0.305 e. The topological polar surface area (TPSA) is 174 Å². The molecule has 14 heteroatoms. The lowest BCUT2D eigenvalue weighted by Crippen LogP contribution is -2.68. The largest absolute Gasteiger partial charge is 0.463 e. The average molecular weight is 589 g/mol. The molecule has 0 radical (unpaired) electrons. The van der Waals surface area contributed by atoms with Crippen LogP contribution in [0.1, 0.15) is 61.8 Å². The van der Waals surface area contributed by atoms with Gasteiger partial charge in [0.05, 0.1) is 19.3 Å². The van der Waals surface area contributed by atoms with Crippen molar-refractivity contribution in [3.05, 3.63) is 0 Å². The average Bonchev–Trinajstić information content (AvgIpc) is 2.83. The minimum Gasteiger partial charge on any atom is -0.463 e. The SMILES string of the molecule is CC(=O)OCC1OC(OC(C)=O)[C@H](NC(=O)[C@@H](NCCC2OCC(C)(C)CO2)C(C)C)[C@@H](OC(C)=O)[C@@H]1OC(C)=O. The lowest BCUT2D eigenvalue weighted by molar-refractivity contribution is -0.271. The minimum absolute atomic E-state index is 0.0650. The van der Waals surface area contributed by atoms with Crippen LogP contribution in [0, 0.1) is 11.3 Å². The molecule has 1 amide bonds. The molecule has 2 unspecified atom stereocenters. The minimum atomic E-state index is -1.46. The molecule has 2 N–H and O–H groups in total. The Morgan fingerprint density at radius 3 is 1.93 bits per heavy atom. The Labute approximate surface area is 240 Å². The van der Waals surface area contributed by atoms with Crippen molar-refractivity contribution in [1.29, 1.82) is 0 Å². The van der Waals surface area contributed by atoms with Gasteiger partial charge in [0.1, 0.15) is 18.8 Å². The molecule has 2 saturated heterocycles. The van der Waals surface area contributed by atoms with Crippen molar-refractivity contribution in [3.8, 4) is 0 Å². The number of nitrogens with one attached hydrogen (secondary N) is 2. The molecule has 2 aliphatic heterocycles. The van der Waals surface area contributed by atoms with E-state index in [1.165, 1.54) is 6.92 Å². The van der Waals surface area contributed by atoms with Crippen molar-refractivity contribution in [2.75, 3.05) is 26.4 Å².